The minimum absolute atomic E-state index is 0.234. The molecule has 5 heteroatoms. The summed E-state index contributed by atoms with van der Waals surface area (Å²) in [4.78, 5) is 10.8. The fourth-order valence-corrected chi connectivity index (χ4v) is 2.41. The lowest BCUT2D eigenvalue weighted by molar-refractivity contribution is 0.627. The van der Waals surface area contributed by atoms with E-state index >= 15 is 0 Å². The number of hydrogen-bond donors (Lipinski definition) is 1. The molecule has 0 saturated carbocycles. The van der Waals surface area contributed by atoms with Gasteiger partial charge in [0.25, 0.3) is 0 Å². The summed E-state index contributed by atoms with van der Waals surface area (Å²) in [5.41, 5.74) is 2.02. The molecule has 0 unspecified atom stereocenters. The Kier molecular flexibility index (Phi) is 5.09. The molecule has 0 radical (unpaired) electrons. The van der Waals surface area contributed by atoms with Crippen LogP contribution >= 0.6 is 0 Å². The number of hydrogen-bond acceptors (Lipinski definition) is 4. The van der Waals surface area contributed by atoms with Gasteiger partial charge in [0.15, 0.2) is 0 Å². The maximum absolute atomic E-state index is 13.1. The van der Waals surface area contributed by atoms with Crippen molar-refractivity contribution < 1.29 is 4.39 Å². The summed E-state index contributed by atoms with van der Waals surface area (Å²) in [6.45, 7) is 4.94. The molecule has 1 heterocycles. The third-order valence-electron chi connectivity index (χ3n) is 3.37. The first kappa shape index (κ1) is 15.2. The van der Waals surface area contributed by atoms with Crippen LogP contribution in [-0.4, -0.2) is 23.6 Å². The average molecular weight is 288 g/mol. The van der Waals surface area contributed by atoms with E-state index in [1.165, 1.54) is 12.1 Å². The van der Waals surface area contributed by atoms with Crippen LogP contribution in [0.15, 0.2) is 30.6 Å². The molecule has 21 heavy (non-hydrogen) atoms. The van der Waals surface area contributed by atoms with Crippen LogP contribution in [0.3, 0.4) is 0 Å². The summed E-state index contributed by atoms with van der Waals surface area (Å²) in [5.74, 6) is 1.50. The highest BCUT2D eigenvalue weighted by atomic mass is 19.1. The Balaban J connectivity index is 2.48. The molecule has 1 aromatic carbocycles. The number of benzene rings is 1. The number of nitrogens with one attached hydrogen (secondary N) is 1. The molecule has 0 aliphatic rings. The molecule has 112 valence electrons. The van der Waals surface area contributed by atoms with E-state index in [2.05, 4.69) is 34.0 Å². The molecule has 1 N–H and O–H groups in total. The molecular formula is C16H21FN4. The summed E-state index contributed by atoms with van der Waals surface area (Å²) < 4.78 is 13.1. The molecule has 2 aromatic rings. The van der Waals surface area contributed by atoms with Crippen LogP contribution in [-0.2, 0) is 6.42 Å². The molecule has 0 aliphatic heterocycles. The average Bonchev–Trinajstić information content (AvgIpc) is 2.51. The van der Waals surface area contributed by atoms with Gasteiger partial charge in [-0.05, 0) is 37.6 Å². The van der Waals surface area contributed by atoms with Gasteiger partial charge in [-0.15, -0.1) is 0 Å². The Hall–Kier alpha value is -2.17. The lowest BCUT2D eigenvalue weighted by atomic mass is 10.1. The first-order chi connectivity index (χ1) is 10.2. The monoisotopic (exact) mass is 288 g/mol. The van der Waals surface area contributed by atoms with E-state index in [0.29, 0.717) is 0 Å². The normalized spacial score (nSPS) is 10.5. The van der Waals surface area contributed by atoms with Crippen molar-refractivity contribution in [1.82, 2.24) is 9.97 Å². The predicted octanol–water partition coefficient (Wildman–Crippen LogP) is 3.77. The molecule has 0 spiro atoms. The standard InChI is InChI=1S/C16H21FN4/c1-4-6-14-15(18-3)19-11-20-16(14)21(5-2)13-9-7-12(17)8-10-13/h7-11H,4-6H2,1-3H3,(H,18,19,20). The van der Waals surface area contributed by atoms with E-state index in [-0.39, 0.29) is 5.82 Å². The smallest absolute Gasteiger partial charge is 0.141 e. The predicted molar refractivity (Wildman–Crippen MR) is 84.7 cm³/mol. The van der Waals surface area contributed by atoms with E-state index in [1.807, 2.05) is 7.05 Å². The van der Waals surface area contributed by atoms with E-state index < -0.39 is 0 Å². The second-order valence-corrected chi connectivity index (χ2v) is 4.75. The maximum atomic E-state index is 13.1. The topological polar surface area (TPSA) is 41.1 Å². The van der Waals surface area contributed by atoms with Crippen LogP contribution in [0.2, 0.25) is 0 Å². The molecule has 0 fully saturated rings. The van der Waals surface area contributed by atoms with Crippen LogP contribution in [0, 0.1) is 5.82 Å². The molecule has 0 aliphatic carbocycles. The van der Waals surface area contributed by atoms with Crippen LogP contribution in [0.25, 0.3) is 0 Å². The second kappa shape index (κ2) is 7.02. The molecule has 0 bridgehead atoms. The summed E-state index contributed by atoms with van der Waals surface area (Å²) >= 11 is 0. The van der Waals surface area contributed by atoms with E-state index in [4.69, 9.17) is 0 Å². The summed E-state index contributed by atoms with van der Waals surface area (Å²) in [7, 11) is 1.86. The summed E-state index contributed by atoms with van der Waals surface area (Å²) in [6, 6.07) is 6.49. The lowest BCUT2D eigenvalue weighted by Gasteiger charge is -2.25. The quantitative estimate of drug-likeness (QED) is 0.878. The largest absolute Gasteiger partial charge is 0.373 e. The zero-order valence-corrected chi connectivity index (χ0v) is 12.7. The molecular weight excluding hydrogens is 267 g/mol. The van der Waals surface area contributed by atoms with Gasteiger partial charge in [-0.25, -0.2) is 14.4 Å². The lowest BCUT2D eigenvalue weighted by Crippen LogP contribution is -2.20. The van der Waals surface area contributed by atoms with Crippen molar-refractivity contribution in [3.63, 3.8) is 0 Å². The second-order valence-electron chi connectivity index (χ2n) is 4.75. The van der Waals surface area contributed by atoms with Crippen LogP contribution in [0.4, 0.5) is 21.7 Å². The van der Waals surface area contributed by atoms with Crippen molar-refractivity contribution in [2.24, 2.45) is 0 Å². The van der Waals surface area contributed by atoms with Crippen molar-refractivity contribution in [2.45, 2.75) is 26.7 Å². The Morgan fingerprint density at radius 1 is 1.14 bits per heavy atom. The third-order valence-corrected chi connectivity index (χ3v) is 3.37. The Morgan fingerprint density at radius 3 is 2.43 bits per heavy atom. The van der Waals surface area contributed by atoms with E-state index in [1.54, 1.807) is 18.5 Å². The first-order valence-corrected chi connectivity index (χ1v) is 7.26. The first-order valence-electron chi connectivity index (χ1n) is 7.26. The SMILES string of the molecule is CCCc1c(NC)ncnc1N(CC)c1ccc(F)cc1. The van der Waals surface area contributed by atoms with E-state index in [9.17, 15) is 4.39 Å². The minimum atomic E-state index is -0.234. The van der Waals surface area contributed by atoms with E-state index in [0.717, 1.165) is 42.3 Å². The summed E-state index contributed by atoms with van der Waals surface area (Å²) in [5, 5.41) is 3.12. The van der Waals surface area contributed by atoms with Crippen molar-refractivity contribution in [1.29, 1.82) is 0 Å². The van der Waals surface area contributed by atoms with Crippen LogP contribution in [0.1, 0.15) is 25.8 Å². The molecule has 0 amide bonds. The highest BCUT2D eigenvalue weighted by Gasteiger charge is 2.16. The van der Waals surface area contributed by atoms with Crippen molar-refractivity contribution in [3.8, 4) is 0 Å². The third kappa shape index (κ3) is 3.29. The highest BCUT2D eigenvalue weighted by Crippen LogP contribution is 2.30. The number of nitrogens with zero attached hydrogens (tertiary/aromatic N) is 3. The summed E-state index contributed by atoms with van der Waals surface area (Å²) in [6.07, 6.45) is 3.46. The fraction of sp³-hybridized carbons (Fsp3) is 0.375. The Morgan fingerprint density at radius 2 is 1.86 bits per heavy atom. The van der Waals surface area contributed by atoms with Crippen molar-refractivity contribution >= 4 is 17.3 Å². The van der Waals surface area contributed by atoms with Crippen LogP contribution < -0.4 is 10.2 Å². The van der Waals surface area contributed by atoms with Crippen molar-refractivity contribution in [3.05, 3.63) is 42.0 Å². The van der Waals surface area contributed by atoms with Gasteiger partial charge in [-0.1, -0.05) is 13.3 Å². The van der Waals surface area contributed by atoms with Gasteiger partial charge in [0.2, 0.25) is 0 Å². The molecule has 0 saturated heterocycles. The zero-order chi connectivity index (χ0) is 15.2. The fourth-order valence-electron chi connectivity index (χ4n) is 2.41. The number of rotatable bonds is 6. The minimum Gasteiger partial charge on any atom is -0.373 e. The van der Waals surface area contributed by atoms with Crippen molar-refractivity contribution in [2.75, 3.05) is 23.8 Å². The highest BCUT2D eigenvalue weighted by molar-refractivity contribution is 5.67. The molecule has 2 rings (SSSR count). The van der Waals surface area contributed by atoms with Gasteiger partial charge in [0.1, 0.15) is 23.8 Å². The molecule has 1 aromatic heterocycles. The number of halogens is 1. The maximum Gasteiger partial charge on any atom is 0.141 e. The van der Waals surface area contributed by atoms with Gasteiger partial charge in [-0.3, -0.25) is 0 Å². The molecule has 0 atom stereocenters. The van der Waals surface area contributed by atoms with Gasteiger partial charge in [0, 0.05) is 24.8 Å². The number of anilines is 3. The number of aromatic nitrogens is 2. The Bertz CT molecular complexity index is 583. The van der Waals surface area contributed by atoms with Crippen LogP contribution in [0.5, 0.6) is 0 Å². The van der Waals surface area contributed by atoms with Gasteiger partial charge in [-0.2, -0.15) is 0 Å². The zero-order valence-electron chi connectivity index (χ0n) is 12.7. The van der Waals surface area contributed by atoms with Gasteiger partial charge < -0.3 is 10.2 Å². The molecule has 4 nitrogen and oxygen atoms in total. The van der Waals surface area contributed by atoms with Gasteiger partial charge >= 0.3 is 0 Å². The Labute approximate surface area is 125 Å². The van der Waals surface area contributed by atoms with Gasteiger partial charge in [0.05, 0.1) is 0 Å².